The molecule has 1 N–H and O–H groups in total. The van der Waals surface area contributed by atoms with Gasteiger partial charge in [-0.05, 0) is 110 Å². The lowest BCUT2D eigenvalue weighted by Crippen LogP contribution is -2.44. The summed E-state index contributed by atoms with van der Waals surface area (Å²) in [7, 11) is -5.69. The molecule has 0 heterocycles. The molecule has 0 bridgehead atoms. The minimum atomic E-state index is -1.98. The molecule has 0 fully saturated rings. The Labute approximate surface area is 269 Å². The summed E-state index contributed by atoms with van der Waals surface area (Å²) < 4.78 is 20.0. The summed E-state index contributed by atoms with van der Waals surface area (Å²) in [5, 5.41) is 4.31. The summed E-state index contributed by atoms with van der Waals surface area (Å²) in [6.07, 6.45) is 2.09. The van der Waals surface area contributed by atoms with Crippen molar-refractivity contribution >= 4 is 25.0 Å². The summed E-state index contributed by atoms with van der Waals surface area (Å²) >= 11 is 0. The lowest BCUT2D eigenvalue weighted by molar-refractivity contribution is 0.175. The molecule has 0 amide bonds. The summed E-state index contributed by atoms with van der Waals surface area (Å²) in [4.78, 5) is 0. The Bertz CT molecular complexity index is 1140. The first kappa shape index (κ1) is 37.8. The Kier molecular flexibility index (Phi) is 12.3. The van der Waals surface area contributed by atoms with Gasteiger partial charge in [-0.1, -0.05) is 86.6 Å². The van der Waals surface area contributed by atoms with E-state index in [0.717, 1.165) is 30.9 Å². The Hall–Kier alpha value is -1.39. The van der Waals surface area contributed by atoms with E-state index in [1.807, 2.05) is 0 Å². The fraction of sp³-hybridized carbons (Fsp3) is 0.667. The van der Waals surface area contributed by atoms with Crippen LogP contribution in [-0.2, 0) is 10.8 Å². The molecule has 0 saturated carbocycles. The third-order valence-corrected chi connectivity index (χ3v) is 23.5. The highest BCUT2D eigenvalue weighted by Gasteiger charge is 2.41. The zero-order valence-corrected chi connectivity index (χ0v) is 33.6. The molecule has 0 aliphatic carbocycles. The summed E-state index contributed by atoms with van der Waals surface area (Å²) in [5.41, 5.74) is 2.56. The zero-order chi connectivity index (χ0) is 33.1. The lowest BCUT2D eigenvalue weighted by Gasteiger charge is -2.40. The summed E-state index contributed by atoms with van der Waals surface area (Å²) in [6, 6.07) is 17.8. The normalized spacial score (nSPS) is 15.3. The smallest absolute Gasteiger partial charge is 0.250 e. The average molecular weight is 644 g/mol. The molecule has 7 heteroatoms. The largest absolute Gasteiger partial charge is 0.544 e. The zero-order valence-electron chi connectivity index (χ0n) is 30.6. The van der Waals surface area contributed by atoms with Crippen LogP contribution in [0.15, 0.2) is 48.5 Å². The van der Waals surface area contributed by atoms with Gasteiger partial charge in [-0.3, -0.25) is 0 Å². The van der Waals surface area contributed by atoms with Crippen LogP contribution >= 0.6 is 0 Å². The first-order valence-corrected chi connectivity index (χ1v) is 25.1. The maximum Gasteiger partial charge on any atom is 0.250 e. The predicted octanol–water partition coefficient (Wildman–Crippen LogP) is 11.1. The molecule has 43 heavy (non-hydrogen) atoms. The Balaban J connectivity index is 2.08. The van der Waals surface area contributed by atoms with Gasteiger partial charge in [0.1, 0.15) is 11.5 Å². The molecule has 0 spiro atoms. The Morgan fingerprint density at radius 3 is 1.40 bits per heavy atom. The van der Waals surface area contributed by atoms with Gasteiger partial charge >= 0.3 is 0 Å². The van der Waals surface area contributed by atoms with Crippen molar-refractivity contribution in [2.75, 3.05) is 6.54 Å². The van der Waals surface area contributed by atoms with E-state index < -0.39 is 25.0 Å². The second-order valence-corrected chi connectivity index (χ2v) is 31.4. The molecular weight excluding hydrogens is 579 g/mol. The van der Waals surface area contributed by atoms with E-state index in [2.05, 4.69) is 162 Å². The van der Waals surface area contributed by atoms with Crippen molar-refractivity contribution in [1.82, 2.24) is 5.32 Å². The number of hydrogen-bond donors (Lipinski definition) is 1. The van der Waals surface area contributed by atoms with Gasteiger partial charge in [0.2, 0.25) is 16.6 Å². The lowest BCUT2D eigenvalue weighted by atomic mass is 10.1. The van der Waals surface area contributed by atoms with Crippen LogP contribution in [0.4, 0.5) is 0 Å². The molecular formula is C36H65NO3Si3. The molecule has 0 saturated heterocycles. The standard InChI is InChI=1S/C36H65NO3Si3/c1-28(17-18-29-19-23-31(24-20-29)38-41(11,12)34(2,3)4)37-27-33(40-43(15,16)36(8,9)10)30-21-25-32(26-22-30)39-42(13,14)35(5,6)7/h19-26,28,33,37H,17-18,27H2,1-16H3. The van der Waals surface area contributed by atoms with E-state index in [9.17, 15) is 0 Å². The highest BCUT2D eigenvalue weighted by Crippen LogP contribution is 2.41. The van der Waals surface area contributed by atoms with Crippen LogP contribution < -0.4 is 14.2 Å². The summed E-state index contributed by atoms with van der Waals surface area (Å²) in [6.45, 7) is 37.6. The monoisotopic (exact) mass is 643 g/mol. The predicted molar refractivity (Wildman–Crippen MR) is 195 cm³/mol. The fourth-order valence-corrected chi connectivity index (χ4v) is 7.27. The van der Waals surface area contributed by atoms with Gasteiger partial charge in [-0.25, -0.2) is 0 Å². The van der Waals surface area contributed by atoms with Gasteiger partial charge in [0.05, 0.1) is 6.10 Å². The molecule has 2 aromatic carbocycles. The SMILES string of the molecule is CC(CCc1ccc(O[Si](C)(C)C(C)(C)C)cc1)NCC(O[Si](C)(C)C(C)(C)C)c1ccc(O[Si](C)(C)C(C)(C)C)cc1. The van der Waals surface area contributed by atoms with E-state index in [4.69, 9.17) is 13.3 Å². The van der Waals surface area contributed by atoms with E-state index in [-0.39, 0.29) is 21.2 Å². The van der Waals surface area contributed by atoms with Gasteiger partial charge in [0.15, 0.2) is 8.32 Å². The van der Waals surface area contributed by atoms with Crippen LogP contribution in [-0.4, -0.2) is 37.5 Å². The van der Waals surface area contributed by atoms with Crippen molar-refractivity contribution in [3.63, 3.8) is 0 Å². The number of nitrogens with one attached hydrogen (secondary N) is 1. The van der Waals surface area contributed by atoms with E-state index >= 15 is 0 Å². The van der Waals surface area contributed by atoms with Crippen molar-refractivity contribution in [3.8, 4) is 11.5 Å². The Morgan fingerprint density at radius 2 is 1.00 bits per heavy atom. The number of hydrogen-bond acceptors (Lipinski definition) is 4. The molecule has 0 aliphatic rings. The average Bonchev–Trinajstić information content (AvgIpc) is 2.84. The maximum atomic E-state index is 7.01. The van der Waals surface area contributed by atoms with Crippen LogP contribution in [0.5, 0.6) is 11.5 Å². The minimum Gasteiger partial charge on any atom is -0.544 e. The van der Waals surface area contributed by atoms with Crippen molar-refractivity contribution < 1.29 is 13.3 Å². The van der Waals surface area contributed by atoms with Crippen LogP contribution in [0.1, 0.15) is 92.9 Å². The molecule has 2 atom stereocenters. The number of rotatable bonds is 13. The van der Waals surface area contributed by atoms with Gasteiger partial charge in [-0.15, -0.1) is 0 Å². The molecule has 2 rings (SSSR count). The highest BCUT2D eigenvalue weighted by atomic mass is 28.4. The van der Waals surface area contributed by atoms with Crippen LogP contribution in [0.25, 0.3) is 0 Å². The fourth-order valence-electron chi connectivity index (χ4n) is 3.92. The number of aryl methyl sites for hydroxylation is 1. The van der Waals surface area contributed by atoms with E-state index in [1.54, 1.807) is 0 Å². The van der Waals surface area contributed by atoms with Crippen LogP contribution in [0, 0.1) is 0 Å². The summed E-state index contributed by atoms with van der Waals surface area (Å²) in [5.74, 6) is 1.95. The highest BCUT2D eigenvalue weighted by molar-refractivity contribution is 6.75. The van der Waals surface area contributed by atoms with Gasteiger partial charge < -0.3 is 18.6 Å². The first-order chi connectivity index (χ1) is 19.3. The van der Waals surface area contributed by atoms with E-state index in [1.165, 1.54) is 11.1 Å². The van der Waals surface area contributed by atoms with Gasteiger partial charge in [-0.2, -0.15) is 0 Å². The quantitative estimate of drug-likeness (QED) is 0.220. The molecule has 0 aromatic heterocycles. The topological polar surface area (TPSA) is 39.7 Å². The molecule has 2 aromatic rings. The Morgan fingerprint density at radius 1 is 0.605 bits per heavy atom. The van der Waals surface area contributed by atoms with Crippen LogP contribution in [0.3, 0.4) is 0 Å². The van der Waals surface area contributed by atoms with Crippen molar-refractivity contribution in [2.24, 2.45) is 0 Å². The van der Waals surface area contributed by atoms with Crippen molar-refractivity contribution in [1.29, 1.82) is 0 Å². The molecule has 244 valence electrons. The third-order valence-electron chi connectivity index (χ3n) is 10.3. The van der Waals surface area contributed by atoms with Crippen molar-refractivity contribution in [2.45, 2.75) is 149 Å². The van der Waals surface area contributed by atoms with Crippen LogP contribution in [0.2, 0.25) is 54.4 Å². The molecule has 2 unspecified atom stereocenters. The van der Waals surface area contributed by atoms with E-state index in [0.29, 0.717) is 6.04 Å². The number of benzene rings is 2. The first-order valence-electron chi connectivity index (χ1n) is 16.3. The second kappa shape index (κ2) is 13.9. The molecule has 0 aliphatic heterocycles. The molecule has 4 nitrogen and oxygen atoms in total. The van der Waals surface area contributed by atoms with Gasteiger partial charge in [0, 0.05) is 12.6 Å². The second-order valence-electron chi connectivity index (χ2n) is 17.2. The molecule has 0 radical (unpaired) electrons. The van der Waals surface area contributed by atoms with Crippen molar-refractivity contribution in [3.05, 3.63) is 59.7 Å². The maximum absolute atomic E-state index is 7.01. The van der Waals surface area contributed by atoms with Gasteiger partial charge in [0.25, 0.3) is 0 Å². The minimum absolute atomic E-state index is 0.00275. The third kappa shape index (κ3) is 10.9.